The van der Waals surface area contributed by atoms with Crippen LogP contribution in [-0.4, -0.2) is 13.7 Å². The Bertz CT molecular complexity index is 10200. The van der Waals surface area contributed by atoms with Crippen molar-refractivity contribution in [3.63, 3.8) is 0 Å². The highest BCUT2D eigenvalue weighted by molar-refractivity contribution is 6.26. The van der Waals surface area contributed by atoms with E-state index in [4.69, 9.17) is 26.5 Å². The van der Waals surface area contributed by atoms with E-state index in [0.717, 1.165) is 265 Å². The number of nitrogens with zero attached hydrogens (tertiary/aromatic N) is 3. The minimum atomic E-state index is 0.868. The van der Waals surface area contributed by atoms with Gasteiger partial charge in [0.15, 0.2) is 16.7 Å². The highest BCUT2D eigenvalue weighted by Crippen LogP contribution is 2.53. The first kappa shape index (κ1) is 80.5. The van der Waals surface area contributed by atoms with Gasteiger partial charge in [-0.2, -0.15) is 0 Å². The third-order valence-electron chi connectivity index (χ3n) is 28.3. The van der Waals surface area contributed by atoms with Crippen molar-refractivity contribution in [1.82, 2.24) is 13.7 Å². The summed E-state index contributed by atoms with van der Waals surface area (Å²) in [6, 6.07) is 173. The van der Waals surface area contributed by atoms with Crippen molar-refractivity contribution >= 4 is 165 Å². The maximum absolute atomic E-state index is 6.85. The molecule has 0 fully saturated rings. The van der Waals surface area contributed by atoms with Gasteiger partial charge in [-0.05, 0) is 211 Å². The largest absolute Gasteiger partial charge is 0.456 e. The first-order chi connectivity index (χ1) is 70.0. The van der Waals surface area contributed by atoms with Crippen molar-refractivity contribution in [2.75, 3.05) is 0 Å². The molecule has 30 aromatic rings. The van der Waals surface area contributed by atoms with Crippen LogP contribution in [0.3, 0.4) is 0 Å². The average molecular weight is 1810 g/mol. The number of para-hydroxylation sites is 9. The van der Waals surface area contributed by atoms with Gasteiger partial charge in [-0.1, -0.05) is 364 Å². The molecule has 0 N–H and O–H groups in total. The Morgan fingerprint density at radius 1 is 0.128 bits per heavy atom. The zero-order chi connectivity index (χ0) is 92.7. The van der Waals surface area contributed by atoms with E-state index < -0.39 is 0 Å². The van der Waals surface area contributed by atoms with Gasteiger partial charge < -0.3 is 40.2 Å². The fraction of sp³-hybridized carbons (Fsp3) is 0. The van der Waals surface area contributed by atoms with E-state index in [9.17, 15) is 0 Å². The van der Waals surface area contributed by atoms with Crippen LogP contribution in [-0.2, 0) is 0 Å². The number of benzene rings is 21. The van der Waals surface area contributed by atoms with Crippen molar-refractivity contribution in [2.24, 2.45) is 0 Å². The molecule has 0 aliphatic rings. The summed E-state index contributed by atoms with van der Waals surface area (Å²) in [5.41, 5.74) is 40.9. The topological polar surface area (TPSA) is 93.6 Å². The smallest absolute Gasteiger partial charge is 0.161 e. The fourth-order valence-corrected chi connectivity index (χ4v) is 22.1. The molecule has 0 radical (unpaired) electrons. The summed E-state index contributed by atoms with van der Waals surface area (Å²) in [7, 11) is 0. The van der Waals surface area contributed by atoms with Crippen molar-refractivity contribution in [3.8, 4) is 117 Å². The molecular weight excluding hydrogens is 1720 g/mol. The van der Waals surface area contributed by atoms with Crippen LogP contribution in [0.2, 0.25) is 0 Å². The molecule has 0 saturated heterocycles. The molecule has 0 bridgehead atoms. The lowest BCUT2D eigenvalue weighted by atomic mass is 9.91. The quantitative estimate of drug-likeness (QED) is 0.121. The minimum absolute atomic E-state index is 0.868. The summed E-state index contributed by atoms with van der Waals surface area (Å²) >= 11 is 0. The Balaban J connectivity index is 0.000000104. The summed E-state index contributed by atoms with van der Waals surface area (Å²) < 4.78 is 47.1. The van der Waals surface area contributed by atoms with Gasteiger partial charge in [0.05, 0.1) is 32.7 Å². The first-order valence-electron chi connectivity index (χ1n) is 47.8. The molecule has 660 valence electrons. The molecule has 21 aromatic carbocycles. The molecule has 0 saturated carbocycles. The zero-order valence-corrected chi connectivity index (χ0v) is 76.1. The molecule has 9 aromatic heterocycles. The Labute approximate surface area is 807 Å². The van der Waals surface area contributed by atoms with Gasteiger partial charge in [0.25, 0.3) is 0 Å². The Morgan fingerprint density at radius 3 is 0.844 bits per heavy atom. The predicted octanol–water partition coefficient (Wildman–Crippen LogP) is 37.3. The molecule has 30 rings (SSSR count). The van der Waals surface area contributed by atoms with Gasteiger partial charge in [0.1, 0.15) is 66.8 Å². The summed E-state index contributed by atoms with van der Waals surface area (Å²) in [5.74, 6) is 0. The van der Waals surface area contributed by atoms with Crippen molar-refractivity contribution < 1.29 is 26.5 Å². The molecule has 0 amide bonds. The van der Waals surface area contributed by atoms with E-state index >= 15 is 0 Å². The summed E-state index contributed by atoms with van der Waals surface area (Å²) in [5, 5.41) is 13.3. The lowest BCUT2D eigenvalue weighted by molar-refractivity contribution is 0.669. The second-order valence-electron chi connectivity index (χ2n) is 36.2. The first-order valence-corrected chi connectivity index (χ1v) is 47.8. The van der Waals surface area contributed by atoms with E-state index in [1.807, 2.05) is 12.1 Å². The van der Waals surface area contributed by atoms with Gasteiger partial charge >= 0.3 is 0 Å². The Hall–Kier alpha value is -19.0. The number of aromatic nitrogens is 3. The van der Waals surface area contributed by atoms with E-state index in [-0.39, 0.29) is 0 Å². The van der Waals surface area contributed by atoms with Crippen LogP contribution in [0.25, 0.3) is 282 Å². The van der Waals surface area contributed by atoms with E-state index in [1.54, 1.807) is 0 Å². The predicted molar refractivity (Wildman–Crippen MR) is 582 cm³/mol. The second kappa shape index (κ2) is 33.0. The van der Waals surface area contributed by atoms with Crippen LogP contribution >= 0.6 is 0 Å². The normalized spacial score (nSPS) is 11.8. The molecular formula is C132H81N3O6. The van der Waals surface area contributed by atoms with E-state index in [1.165, 1.54) is 16.7 Å². The Morgan fingerprint density at radius 2 is 0.411 bits per heavy atom. The Kier molecular flexibility index (Phi) is 18.8. The van der Waals surface area contributed by atoms with E-state index in [0.29, 0.717) is 0 Å². The molecule has 0 spiro atoms. The SMILES string of the molecule is c1ccc(-c2ccc3c(c2)oc2cc(-c4ccccc4-c4cccc5oc6c7ccccc7n(-c7ccccc7)c6c45)ccc23)cc1.c1ccc(-c2ccc3oc4c(-c5ccccc5-c5cccc6oc7c8ccccc8n(-c8ccccc8)c7c56)cccc4c3c2)cc1.c1ccc(-c2cccc3c2oc2c(-c4ccccc4-c4cccc5oc6c7ccccc7n(-c7ccccc7)c6c45)cccc23)cc1. The lowest BCUT2D eigenvalue weighted by Gasteiger charge is -2.13. The van der Waals surface area contributed by atoms with Crippen LogP contribution < -0.4 is 0 Å². The molecule has 0 unspecified atom stereocenters. The third kappa shape index (κ3) is 13.1. The van der Waals surface area contributed by atoms with Crippen molar-refractivity contribution in [1.29, 1.82) is 0 Å². The monoisotopic (exact) mass is 1800 g/mol. The number of hydrogen-bond donors (Lipinski definition) is 0. The summed E-state index contributed by atoms with van der Waals surface area (Å²) in [6.07, 6.45) is 0. The number of fused-ring (bicyclic) bond motifs is 24. The molecule has 141 heavy (non-hydrogen) atoms. The maximum Gasteiger partial charge on any atom is 0.161 e. The van der Waals surface area contributed by atoms with Crippen LogP contribution in [0, 0.1) is 0 Å². The molecule has 0 aliphatic carbocycles. The van der Waals surface area contributed by atoms with Gasteiger partial charge in [0.2, 0.25) is 0 Å². The molecule has 0 aliphatic heterocycles. The molecule has 0 atom stereocenters. The van der Waals surface area contributed by atoms with Gasteiger partial charge in [-0.15, -0.1) is 0 Å². The third-order valence-corrected chi connectivity index (χ3v) is 28.3. The minimum Gasteiger partial charge on any atom is -0.456 e. The summed E-state index contributed by atoms with van der Waals surface area (Å²) in [6.45, 7) is 0. The highest BCUT2D eigenvalue weighted by atomic mass is 16.4. The van der Waals surface area contributed by atoms with Gasteiger partial charge in [-0.3, -0.25) is 0 Å². The number of furan rings is 6. The van der Waals surface area contributed by atoms with Crippen molar-refractivity contribution in [3.05, 3.63) is 491 Å². The van der Waals surface area contributed by atoms with Gasteiger partial charge in [0, 0.05) is 82.2 Å². The molecule has 9 heteroatoms. The highest BCUT2D eigenvalue weighted by Gasteiger charge is 2.30. The van der Waals surface area contributed by atoms with Crippen LogP contribution in [0.5, 0.6) is 0 Å². The van der Waals surface area contributed by atoms with Crippen LogP contribution in [0.4, 0.5) is 0 Å². The second-order valence-corrected chi connectivity index (χ2v) is 36.2. The van der Waals surface area contributed by atoms with Crippen LogP contribution in [0.1, 0.15) is 0 Å². The maximum atomic E-state index is 6.85. The molecule has 9 heterocycles. The fourth-order valence-electron chi connectivity index (χ4n) is 22.1. The average Bonchev–Trinajstić information content (AvgIpc) is 1.76. The lowest BCUT2D eigenvalue weighted by Crippen LogP contribution is -1.94. The zero-order valence-electron chi connectivity index (χ0n) is 76.1. The van der Waals surface area contributed by atoms with Gasteiger partial charge in [-0.25, -0.2) is 0 Å². The van der Waals surface area contributed by atoms with Crippen LogP contribution in [0.15, 0.2) is 518 Å². The standard InChI is InChI=1S/3C44H27NO2/c1-3-14-28(15-4-1)30-21-11-24-35-36-25-12-23-34(43(36)47-42(30)35)32-19-8-7-18-31(32)33-22-13-27-39-40(33)41-44(46-39)37-20-9-10-26-38(37)45(41)29-16-5-2-6-17-29;1-3-13-28(14-4-1)29-25-26-39-37(27-29)35-22-11-21-34(43(35)46-39)32-18-8-7-17-31(32)33-20-12-24-40-41(33)42-44(47-40)36-19-9-10-23-38(36)45(42)30-15-5-2-6-16-30;1-3-12-28(13-4-1)29-22-24-34-35-25-23-30(27-41(35)46-40(34)26-29)32-16-7-8-17-33(32)36-19-11-21-39-42(36)43-44(47-39)37-18-9-10-20-38(37)45(43)31-14-5-2-6-15-31/h3*1-27H. The summed E-state index contributed by atoms with van der Waals surface area (Å²) in [4.78, 5) is 0. The molecule has 9 nitrogen and oxygen atoms in total. The number of rotatable bonds is 12. The number of hydrogen-bond acceptors (Lipinski definition) is 6. The van der Waals surface area contributed by atoms with Crippen molar-refractivity contribution in [2.45, 2.75) is 0 Å². The van der Waals surface area contributed by atoms with E-state index in [2.05, 4.69) is 493 Å².